The van der Waals surface area contributed by atoms with Crippen LogP contribution in [0.25, 0.3) is 11.1 Å². The second kappa shape index (κ2) is 8.20. The number of furan rings is 1. The van der Waals surface area contributed by atoms with Crippen molar-refractivity contribution in [2.75, 3.05) is 0 Å². The van der Waals surface area contributed by atoms with Crippen molar-refractivity contribution in [2.45, 2.75) is 26.0 Å². The van der Waals surface area contributed by atoms with Crippen molar-refractivity contribution in [3.63, 3.8) is 0 Å². The molecule has 1 N–H and O–H groups in total. The zero-order chi connectivity index (χ0) is 17.5. The highest BCUT2D eigenvalue weighted by Gasteiger charge is 2.18. The summed E-state index contributed by atoms with van der Waals surface area (Å²) in [7, 11) is 0. The van der Waals surface area contributed by atoms with Gasteiger partial charge in [0.25, 0.3) is 5.91 Å². The summed E-state index contributed by atoms with van der Waals surface area (Å²) in [5.41, 5.74) is 2.26. The largest absolute Gasteiger partial charge is 0.481 e. The summed E-state index contributed by atoms with van der Waals surface area (Å²) in [6, 6.07) is 21.5. The Morgan fingerprint density at radius 3 is 2.36 bits per heavy atom. The molecule has 128 valence electrons. The number of carbonyl (C=O) groups excluding carboxylic acids is 1. The summed E-state index contributed by atoms with van der Waals surface area (Å²) in [4.78, 5) is 12.3. The van der Waals surface area contributed by atoms with Crippen LogP contribution in [0, 0.1) is 0 Å². The summed E-state index contributed by atoms with van der Waals surface area (Å²) in [5.74, 6) is 1.25. The van der Waals surface area contributed by atoms with Gasteiger partial charge in [0.2, 0.25) is 0 Å². The minimum atomic E-state index is -0.530. The fourth-order valence-electron chi connectivity index (χ4n) is 2.54. The molecule has 1 aromatic heterocycles. The van der Waals surface area contributed by atoms with Crippen molar-refractivity contribution in [2.24, 2.45) is 0 Å². The lowest BCUT2D eigenvalue weighted by atomic mass is 10.1. The third-order valence-corrected chi connectivity index (χ3v) is 3.92. The van der Waals surface area contributed by atoms with Crippen LogP contribution in [0.1, 0.15) is 19.1 Å². The van der Waals surface area contributed by atoms with Gasteiger partial charge in [0.15, 0.2) is 6.10 Å². The fourth-order valence-corrected chi connectivity index (χ4v) is 2.54. The van der Waals surface area contributed by atoms with Gasteiger partial charge < -0.3 is 14.5 Å². The number of amides is 1. The molecule has 0 saturated heterocycles. The number of hydrogen-bond acceptors (Lipinski definition) is 3. The van der Waals surface area contributed by atoms with E-state index in [-0.39, 0.29) is 5.91 Å². The fraction of sp³-hybridized carbons (Fsp3) is 0.190. The van der Waals surface area contributed by atoms with Crippen LogP contribution in [-0.2, 0) is 11.3 Å². The summed E-state index contributed by atoms with van der Waals surface area (Å²) < 4.78 is 11.1. The van der Waals surface area contributed by atoms with E-state index >= 15 is 0 Å². The average molecular weight is 335 g/mol. The van der Waals surface area contributed by atoms with Crippen molar-refractivity contribution in [1.29, 1.82) is 0 Å². The predicted molar refractivity (Wildman–Crippen MR) is 97.1 cm³/mol. The lowest BCUT2D eigenvalue weighted by molar-refractivity contribution is -0.128. The molecular formula is C21H21NO3. The van der Waals surface area contributed by atoms with E-state index in [0.717, 1.165) is 16.9 Å². The van der Waals surface area contributed by atoms with Crippen LogP contribution in [0.3, 0.4) is 0 Å². The first kappa shape index (κ1) is 16.8. The Morgan fingerprint density at radius 2 is 1.72 bits per heavy atom. The highest BCUT2D eigenvalue weighted by molar-refractivity contribution is 5.81. The molecule has 4 nitrogen and oxygen atoms in total. The van der Waals surface area contributed by atoms with E-state index in [2.05, 4.69) is 17.4 Å². The van der Waals surface area contributed by atoms with E-state index in [1.54, 1.807) is 12.3 Å². The molecule has 2 aromatic carbocycles. The van der Waals surface area contributed by atoms with Gasteiger partial charge in [0, 0.05) is 0 Å². The molecule has 0 fully saturated rings. The Labute approximate surface area is 147 Å². The van der Waals surface area contributed by atoms with Gasteiger partial charge in [-0.3, -0.25) is 4.79 Å². The first-order valence-corrected chi connectivity index (χ1v) is 8.38. The van der Waals surface area contributed by atoms with Crippen LogP contribution >= 0.6 is 0 Å². The maximum Gasteiger partial charge on any atom is 0.261 e. The van der Waals surface area contributed by atoms with Crippen molar-refractivity contribution in [3.05, 3.63) is 78.8 Å². The molecule has 0 saturated carbocycles. The molecule has 1 amide bonds. The molecule has 1 atom stereocenters. The second-order valence-electron chi connectivity index (χ2n) is 5.70. The number of hydrogen-bond donors (Lipinski definition) is 1. The Bertz CT molecular complexity index is 780. The Hall–Kier alpha value is -3.01. The van der Waals surface area contributed by atoms with Crippen LogP contribution in [0.5, 0.6) is 5.75 Å². The van der Waals surface area contributed by atoms with Crippen LogP contribution in [0.15, 0.2) is 77.4 Å². The van der Waals surface area contributed by atoms with Crippen molar-refractivity contribution in [3.8, 4) is 16.9 Å². The first-order valence-electron chi connectivity index (χ1n) is 8.38. The number of benzene rings is 2. The van der Waals surface area contributed by atoms with Gasteiger partial charge in [-0.1, -0.05) is 49.4 Å². The second-order valence-corrected chi connectivity index (χ2v) is 5.70. The van der Waals surface area contributed by atoms with Crippen molar-refractivity contribution in [1.82, 2.24) is 5.32 Å². The molecule has 0 aliphatic rings. The third-order valence-electron chi connectivity index (χ3n) is 3.92. The quantitative estimate of drug-likeness (QED) is 0.695. The normalized spacial score (nSPS) is 11.7. The minimum absolute atomic E-state index is 0.147. The van der Waals surface area contributed by atoms with Gasteiger partial charge in [-0.25, -0.2) is 0 Å². The lowest BCUT2D eigenvalue weighted by Gasteiger charge is -2.17. The summed E-state index contributed by atoms with van der Waals surface area (Å²) in [6.07, 6.45) is 1.64. The van der Waals surface area contributed by atoms with Crippen molar-refractivity contribution < 1.29 is 13.9 Å². The summed E-state index contributed by atoms with van der Waals surface area (Å²) in [6.45, 7) is 2.29. The van der Waals surface area contributed by atoms with Gasteiger partial charge >= 0.3 is 0 Å². The summed E-state index contributed by atoms with van der Waals surface area (Å²) in [5, 5.41) is 2.84. The number of rotatable bonds is 7. The van der Waals surface area contributed by atoms with Gasteiger partial charge in [0.05, 0.1) is 12.8 Å². The smallest absolute Gasteiger partial charge is 0.261 e. The van der Waals surface area contributed by atoms with Gasteiger partial charge in [-0.15, -0.1) is 0 Å². The molecule has 25 heavy (non-hydrogen) atoms. The zero-order valence-electron chi connectivity index (χ0n) is 14.1. The number of nitrogens with one attached hydrogen (secondary N) is 1. The van der Waals surface area contributed by atoms with Gasteiger partial charge in [-0.05, 0) is 41.8 Å². The Morgan fingerprint density at radius 1 is 1.00 bits per heavy atom. The van der Waals surface area contributed by atoms with Crippen LogP contribution in [0.4, 0.5) is 0 Å². The number of carbonyl (C=O) groups is 1. The number of ether oxygens (including phenoxy) is 1. The molecular weight excluding hydrogens is 314 g/mol. The van der Waals surface area contributed by atoms with E-state index in [4.69, 9.17) is 9.15 Å². The maximum atomic E-state index is 12.3. The lowest BCUT2D eigenvalue weighted by Crippen LogP contribution is -2.37. The molecule has 0 spiro atoms. The van der Waals surface area contributed by atoms with Gasteiger partial charge in [0.1, 0.15) is 11.5 Å². The van der Waals surface area contributed by atoms with Crippen LogP contribution in [0.2, 0.25) is 0 Å². The molecule has 0 radical (unpaired) electrons. The predicted octanol–water partition coefficient (Wildman–Crippen LogP) is 4.42. The maximum absolute atomic E-state index is 12.3. The Kier molecular flexibility index (Phi) is 5.52. The molecule has 1 heterocycles. The van der Waals surface area contributed by atoms with Crippen LogP contribution < -0.4 is 10.1 Å². The monoisotopic (exact) mass is 335 g/mol. The van der Waals surface area contributed by atoms with E-state index in [0.29, 0.717) is 18.7 Å². The molecule has 0 aliphatic carbocycles. The topological polar surface area (TPSA) is 51.5 Å². The molecule has 3 rings (SSSR count). The van der Waals surface area contributed by atoms with Crippen LogP contribution in [-0.4, -0.2) is 12.0 Å². The van der Waals surface area contributed by atoms with Crippen molar-refractivity contribution >= 4 is 5.91 Å². The van der Waals surface area contributed by atoms with E-state index in [1.807, 2.05) is 55.5 Å². The van der Waals surface area contributed by atoms with E-state index < -0.39 is 6.10 Å². The first-order chi connectivity index (χ1) is 12.3. The third kappa shape index (κ3) is 4.51. The van der Waals surface area contributed by atoms with E-state index in [1.165, 1.54) is 0 Å². The highest BCUT2D eigenvalue weighted by Crippen LogP contribution is 2.23. The van der Waals surface area contributed by atoms with Gasteiger partial charge in [-0.2, -0.15) is 0 Å². The zero-order valence-corrected chi connectivity index (χ0v) is 14.1. The standard InChI is InChI=1S/C21H21NO3/c1-2-20(21(23)22-15-19-9-6-14-24-19)25-18-12-10-17(11-13-18)16-7-4-3-5-8-16/h3-14,20H,2,15H2,1H3,(H,22,23). The summed E-state index contributed by atoms with van der Waals surface area (Å²) >= 11 is 0. The molecule has 0 bridgehead atoms. The van der Waals surface area contributed by atoms with E-state index in [9.17, 15) is 4.79 Å². The Balaban J connectivity index is 1.60. The highest BCUT2D eigenvalue weighted by atomic mass is 16.5. The molecule has 1 unspecified atom stereocenters. The molecule has 0 aliphatic heterocycles. The molecule has 3 aromatic rings. The SMILES string of the molecule is CCC(Oc1ccc(-c2ccccc2)cc1)C(=O)NCc1ccco1. The average Bonchev–Trinajstić information content (AvgIpc) is 3.19. The minimum Gasteiger partial charge on any atom is -0.481 e. The molecule has 4 heteroatoms.